The number of esters is 1. The van der Waals surface area contributed by atoms with Gasteiger partial charge in [-0.1, -0.05) is 0 Å². The lowest BCUT2D eigenvalue weighted by molar-refractivity contribution is 0.0601. The largest absolute Gasteiger partial charge is 0.508 e. The van der Waals surface area contributed by atoms with Gasteiger partial charge in [0, 0.05) is 24.0 Å². The Kier molecular flexibility index (Phi) is 4.05. The van der Waals surface area contributed by atoms with Crippen LogP contribution >= 0.6 is 0 Å². The van der Waals surface area contributed by atoms with Gasteiger partial charge in [0.15, 0.2) is 0 Å². The number of carbonyl (C=O) groups excluding carboxylic acids is 1. The summed E-state index contributed by atoms with van der Waals surface area (Å²) in [4.78, 5) is 15.7. The number of methoxy groups -OCH3 is 1. The van der Waals surface area contributed by atoms with E-state index in [0.717, 1.165) is 0 Å². The van der Waals surface area contributed by atoms with E-state index < -0.39 is 5.97 Å². The number of aromatic hydroxyl groups is 1. The minimum atomic E-state index is -0.475. The molecule has 0 spiro atoms. The van der Waals surface area contributed by atoms with Gasteiger partial charge in [-0.2, -0.15) is 0 Å². The maximum atomic E-state index is 11.6. The third kappa shape index (κ3) is 2.97. The lowest BCUT2D eigenvalue weighted by atomic mass is 10.1. The van der Waals surface area contributed by atoms with Crippen LogP contribution in [0.3, 0.4) is 0 Å². The second-order valence-electron chi connectivity index (χ2n) is 4.13. The fourth-order valence-corrected chi connectivity index (χ4v) is 1.75. The van der Waals surface area contributed by atoms with Gasteiger partial charge in [0.1, 0.15) is 17.1 Å². The number of phenolic OH excluding ortho intramolecular Hbond substituents is 1. The van der Waals surface area contributed by atoms with Crippen molar-refractivity contribution in [3.05, 3.63) is 47.7 Å². The van der Waals surface area contributed by atoms with Gasteiger partial charge < -0.3 is 20.9 Å². The molecule has 2 rings (SSSR count). The van der Waals surface area contributed by atoms with Crippen LogP contribution in [0.15, 0.2) is 36.5 Å². The summed E-state index contributed by atoms with van der Waals surface area (Å²) >= 11 is 0. The van der Waals surface area contributed by atoms with E-state index in [2.05, 4.69) is 15.0 Å². The van der Waals surface area contributed by atoms with Crippen LogP contribution in [0.4, 0.5) is 11.5 Å². The predicted octanol–water partition coefficient (Wildman–Crippen LogP) is 1.77. The topological polar surface area (TPSA) is 97.5 Å². The third-order valence-electron chi connectivity index (χ3n) is 2.76. The van der Waals surface area contributed by atoms with Crippen molar-refractivity contribution >= 4 is 17.5 Å². The van der Waals surface area contributed by atoms with Crippen LogP contribution in [-0.4, -0.2) is 23.2 Å². The highest BCUT2D eigenvalue weighted by atomic mass is 16.5. The van der Waals surface area contributed by atoms with Crippen LogP contribution in [0.2, 0.25) is 0 Å². The van der Waals surface area contributed by atoms with Gasteiger partial charge in [-0.15, -0.1) is 0 Å². The molecular formula is C14H15N3O3. The van der Waals surface area contributed by atoms with Gasteiger partial charge in [-0.25, -0.2) is 9.78 Å². The average Bonchev–Trinajstić information content (AvgIpc) is 2.47. The molecule has 104 valence electrons. The minimum absolute atomic E-state index is 0.127. The van der Waals surface area contributed by atoms with Gasteiger partial charge in [0.2, 0.25) is 0 Å². The van der Waals surface area contributed by atoms with Crippen molar-refractivity contribution in [3.8, 4) is 5.75 Å². The first-order chi connectivity index (χ1) is 9.61. The van der Waals surface area contributed by atoms with Gasteiger partial charge in [-0.05, 0) is 30.3 Å². The number of aromatic nitrogens is 1. The van der Waals surface area contributed by atoms with Crippen LogP contribution in [0.5, 0.6) is 5.75 Å². The molecular weight excluding hydrogens is 258 g/mol. The van der Waals surface area contributed by atoms with Crippen LogP contribution in [0, 0.1) is 0 Å². The summed E-state index contributed by atoms with van der Waals surface area (Å²) < 4.78 is 4.68. The number of carbonyl (C=O) groups is 1. The van der Waals surface area contributed by atoms with E-state index in [9.17, 15) is 9.90 Å². The number of anilines is 2. The number of hydrogen-bond acceptors (Lipinski definition) is 6. The van der Waals surface area contributed by atoms with E-state index in [0.29, 0.717) is 22.6 Å². The van der Waals surface area contributed by atoms with Crippen molar-refractivity contribution < 1.29 is 14.6 Å². The molecule has 6 nitrogen and oxygen atoms in total. The zero-order valence-corrected chi connectivity index (χ0v) is 11.0. The van der Waals surface area contributed by atoms with Crippen molar-refractivity contribution in [2.24, 2.45) is 0 Å². The molecule has 0 bridgehead atoms. The number of pyridine rings is 1. The highest BCUT2D eigenvalue weighted by Gasteiger charge is 2.12. The number of nitrogens with zero attached hydrogens (tertiary/aromatic N) is 1. The number of rotatable bonds is 4. The van der Waals surface area contributed by atoms with Crippen molar-refractivity contribution in [3.63, 3.8) is 0 Å². The fourth-order valence-electron chi connectivity index (χ4n) is 1.75. The molecule has 0 atom stereocenters. The zero-order chi connectivity index (χ0) is 14.5. The van der Waals surface area contributed by atoms with Crippen LogP contribution in [-0.2, 0) is 11.3 Å². The molecule has 0 fully saturated rings. The second-order valence-corrected chi connectivity index (χ2v) is 4.13. The summed E-state index contributed by atoms with van der Waals surface area (Å²) in [6.07, 6.45) is 1.56. The van der Waals surface area contributed by atoms with Crippen molar-refractivity contribution in [1.82, 2.24) is 4.98 Å². The maximum Gasteiger partial charge on any atom is 0.341 e. The first kappa shape index (κ1) is 13.7. The number of benzene rings is 1. The lowest BCUT2D eigenvalue weighted by Crippen LogP contribution is -2.10. The quantitative estimate of drug-likeness (QED) is 0.446. The molecule has 1 heterocycles. The van der Waals surface area contributed by atoms with Gasteiger partial charge in [-0.3, -0.25) is 0 Å². The van der Waals surface area contributed by atoms with E-state index in [1.165, 1.54) is 13.2 Å². The molecule has 0 radical (unpaired) electrons. The monoisotopic (exact) mass is 273 g/mol. The molecule has 1 aromatic heterocycles. The average molecular weight is 273 g/mol. The van der Waals surface area contributed by atoms with Crippen molar-refractivity contribution in [2.75, 3.05) is 18.2 Å². The summed E-state index contributed by atoms with van der Waals surface area (Å²) in [5, 5.41) is 12.7. The molecule has 0 amide bonds. The molecule has 0 aliphatic rings. The van der Waals surface area contributed by atoms with E-state index in [4.69, 9.17) is 5.73 Å². The molecule has 6 heteroatoms. The summed E-state index contributed by atoms with van der Waals surface area (Å²) in [7, 11) is 1.31. The molecule has 0 saturated heterocycles. The molecule has 0 unspecified atom stereocenters. The Morgan fingerprint density at radius 2 is 2.25 bits per heavy atom. The number of ether oxygens (including phenoxy) is 1. The SMILES string of the molecule is COC(=O)c1cccnc1NCc1cc(N)ccc1O. The maximum absolute atomic E-state index is 11.6. The summed E-state index contributed by atoms with van der Waals surface area (Å²) in [6.45, 7) is 0.290. The van der Waals surface area contributed by atoms with E-state index in [1.54, 1.807) is 30.5 Å². The first-order valence-corrected chi connectivity index (χ1v) is 5.96. The molecule has 0 aliphatic heterocycles. The molecule has 4 N–H and O–H groups in total. The number of nitrogens with one attached hydrogen (secondary N) is 1. The Morgan fingerprint density at radius 1 is 1.45 bits per heavy atom. The summed E-state index contributed by atoms with van der Waals surface area (Å²) in [5.74, 6) is 0.0424. The van der Waals surface area contributed by atoms with Crippen LogP contribution in [0.1, 0.15) is 15.9 Å². The minimum Gasteiger partial charge on any atom is -0.508 e. The van der Waals surface area contributed by atoms with E-state index in [-0.39, 0.29) is 12.3 Å². The van der Waals surface area contributed by atoms with Gasteiger partial charge in [0.25, 0.3) is 0 Å². The summed E-state index contributed by atoms with van der Waals surface area (Å²) in [5.41, 5.74) is 7.17. The fraction of sp³-hybridized carbons (Fsp3) is 0.143. The smallest absolute Gasteiger partial charge is 0.341 e. The molecule has 2 aromatic rings. The Labute approximate surface area is 116 Å². The Bertz CT molecular complexity index is 629. The summed E-state index contributed by atoms with van der Waals surface area (Å²) in [6, 6.07) is 8.05. The van der Waals surface area contributed by atoms with E-state index in [1.807, 2.05) is 0 Å². The third-order valence-corrected chi connectivity index (χ3v) is 2.76. The van der Waals surface area contributed by atoms with Crippen LogP contribution in [0.25, 0.3) is 0 Å². The lowest BCUT2D eigenvalue weighted by Gasteiger charge is -2.11. The number of hydrogen-bond donors (Lipinski definition) is 3. The number of nitrogens with two attached hydrogens (primary N) is 1. The van der Waals surface area contributed by atoms with Gasteiger partial charge in [0.05, 0.1) is 7.11 Å². The van der Waals surface area contributed by atoms with Crippen molar-refractivity contribution in [2.45, 2.75) is 6.54 Å². The molecule has 0 saturated carbocycles. The predicted molar refractivity (Wildman–Crippen MR) is 75.4 cm³/mol. The van der Waals surface area contributed by atoms with E-state index >= 15 is 0 Å². The number of phenols is 1. The highest BCUT2D eigenvalue weighted by molar-refractivity contribution is 5.94. The van der Waals surface area contributed by atoms with Crippen LogP contribution < -0.4 is 11.1 Å². The van der Waals surface area contributed by atoms with Crippen molar-refractivity contribution in [1.29, 1.82) is 0 Å². The Balaban J connectivity index is 2.19. The molecule has 1 aromatic carbocycles. The molecule has 0 aliphatic carbocycles. The Morgan fingerprint density at radius 3 is 3.00 bits per heavy atom. The zero-order valence-electron chi connectivity index (χ0n) is 11.0. The second kappa shape index (κ2) is 5.92. The standard InChI is InChI=1S/C14H15N3O3/c1-20-14(19)11-3-2-6-16-13(11)17-8-9-7-10(15)4-5-12(9)18/h2-7,18H,8,15H2,1H3,(H,16,17). The normalized spacial score (nSPS) is 10.1. The molecule has 20 heavy (non-hydrogen) atoms. The number of nitrogen functional groups attached to an aromatic ring is 1. The highest BCUT2D eigenvalue weighted by Crippen LogP contribution is 2.21. The Hall–Kier alpha value is -2.76. The van der Waals surface area contributed by atoms with Gasteiger partial charge >= 0.3 is 5.97 Å². The first-order valence-electron chi connectivity index (χ1n) is 5.96.